The second-order valence-electron chi connectivity index (χ2n) is 6.05. The van der Waals surface area contributed by atoms with Crippen LogP contribution in [0.2, 0.25) is 0 Å². The van der Waals surface area contributed by atoms with Crippen molar-refractivity contribution in [3.05, 3.63) is 22.4 Å². The highest BCUT2D eigenvalue weighted by Crippen LogP contribution is 2.27. The zero-order valence-corrected chi connectivity index (χ0v) is 12.4. The lowest BCUT2D eigenvalue weighted by molar-refractivity contribution is -0.0292. The molecule has 1 aliphatic rings. The van der Waals surface area contributed by atoms with Crippen molar-refractivity contribution in [2.45, 2.75) is 45.1 Å². The molecule has 0 atom stereocenters. The maximum absolute atomic E-state index is 10.6. The number of piperidine rings is 1. The molecule has 0 saturated carbocycles. The Hall–Kier alpha value is -0.380. The van der Waals surface area contributed by atoms with Gasteiger partial charge in [0.15, 0.2) is 0 Å². The summed E-state index contributed by atoms with van der Waals surface area (Å²) in [6, 6.07) is 2.17. The predicted molar refractivity (Wildman–Crippen MR) is 78.1 cm³/mol. The first-order valence-corrected chi connectivity index (χ1v) is 7.97. The molecule has 2 rings (SSSR count). The summed E-state index contributed by atoms with van der Waals surface area (Å²) in [5.74, 6) is 0.724. The van der Waals surface area contributed by atoms with E-state index in [1.807, 2.05) is 0 Å². The Morgan fingerprint density at radius 3 is 2.67 bits per heavy atom. The lowest BCUT2D eigenvalue weighted by Gasteiger charge is -2.39. The van der Waals surface area contributed by atoms with E-state index in [0.717, 1.165) is 44.7 Å². The molecule has 1 aliphatic heterocycles. The van der Waals surface area contributed by atoms with Crippen LogP contribution < -0.4 is 0 Å². The first-order valence-electron chi connectivity index (χ1n) is 7.03. The summed E-state index contributed by atoms with van der Waals surface area (Å²) in [6.45, 7) is 7.80. The Kier molecular flexibility index (Phi) is 4.82. The van der Waals surface area contributed by atoms with Crippen LogP contribution in [0.25, 0.3) is 0 Å². The number of hydrogen-bond acceptors (Lipinski definition) is 3. The second-order valence-corrected chi connectivity index (χ2v) is 6.83. The van der Waals surface area contributed by atoms with Gasteiger partial charge in [-0.15, -0.1) is 0 Å². The number of aliphatic hydroxyl groups is 1. The summed E-state index contributed by atoms with van der Waals surface area (Å²) in [4.78, 5) is 2.49. The van der Waals surface area contributed by atoms with Crippen LogP contribution in [-0.2, 0) is 6.42 Å². The van der Waals surface area contributed by atoms with Gasteiger partial charge in [-0.1, -0.05) is 13.8 Å². The minimum atomic E-state index is -0.421. The quantitative estimate of drug-likeness (QED) is 0.886. The third-order valence-electron chi connectivity index (χ3n) is 3.87. The third kappa shape index (κ3) is 4.08. The Balaban J connectivity index is 1.76. The van der Waals surface area contributed by atoms with E-state index in [1.54, 1.807) is 11.3 Å². The second kappa shape index (κ2) is 6.18. The summed E-state index contributed by atoms with van der Waals surface area (Å²) in [5, 5.41) is 14.9. The average molecular weight is 267 g/mol. The molecular formula is C15H25NOS. The van der Waals surface area contributed by atoms with E-state index in [2.05, 4.69) is 35.6 Å². The fourth-order valence-electron chi connectivity index (χ4n) is 2.73. The summed E-state index contributed by atoms with van der Waals surface area (Å²) in [5.41, 5.74) is 0.952. The van der Waals surface area contributed by atoms with Gasteiger partial charge in [-0.3, -0.25) is 0 Å². The van der Waals surface area contributed by atoms with Crippen molar-refractivity contribution in [1.82, 2.24) is 4.90 Å². The Morgan fingerprint density at radius 2 is 2.11 bits per heavy atom. The topological polar surface area (TPSA) is 23.5 Å². The van der Waals surface area contributed by atoms with Gasteiger partial charge in [0.1, 0.15) is 0 Å². The summed E-state index contributed by atoms with van der Waals surface area (Å²) in [7, 11) is 0. The molecule has 0 amide bonds. The van der Waals surface area contributed by atoms with E-state index >= 15 is 0 Å². The molecule has 1 N–H and O–H groups in total. The van der Waals surface area contributed by atoms with E-state index in [-0.39, 0.29) is 0 Å². The fourth-order valence-corrected chi connectivity index (χ4v) is 3.43. The summed E-state index contributed by atoms with van der Waals surface area (Å²) < 4.78 is 0. The molecule has 0 radical (unpaired) electrons. The molecule has 2 nitrogen and oxygen atoms in total. The van der Waals surface area contributed by atoms with Gasteiger partial charge in [0.2, 0.25) is 0 Å². The van der Waals surface area contributed by atoms with Gasteiger partial charge in [-0.2, -0.15) is 11.3 Å². The van der Waals surface area contributed by atoms with E-state index in [1.165, 1.54) is 12.1 Å². The van der Waals surface area contributed by atoms with Crippen LogP contribution in [0.1, 0.15) is 38.7 Å². The number of aryl methyl sites for hydroxylation is 1. The fraction of sp³-hybridized carbons (Fsp3) is 0.733. The SMILES string of the molecule is CC(C)CN1CCC(O)(CCc2ccsc2)CC1. The zero-order valence-electron chi connectivity index (χ0n) is 11.6. The largest absolute Gasteiger partial charge is 0.390 e. The average Bonchev–Trinajstić information content (AvgIpc) is 2.83. The van der Waals surface area contributed by atoms with Crippen molar-refractivity contribution in [2.24, 2.45) is 5.92 Å². The van der Waals surface area contributed by atoms with Gasteiger partial charge in [-0.05, 0) is 54.0 Å². The van der Waals surface area contributed by atoms with Crippen molar-refractivity contribution in [2.75, 3.05) is 19.6 Å². The molecule has 1 aromatic heterocycles. The first kappa shape index (κ1) is 14.0. The van der Waals surface area contributed by atoms with E-state index in [4.69, 9.17) is 0 Å². The molecule has 0 unspecified atom stereocenters. The number of nitrogens with zero attached hydrogens (tertiary/aromatic N) is 1. The van der Waals surface area contributed by atoms with Crippen LogP contribution in [-0.4, -0.2) is 35.2 Å². The minimum absolute atomic E-state index is 0.421. The molecule has 1 saturated heterocycles. The highest BCUT2D eigenvalue weighted by Gasteiger charge is 2.31. The van der Waals surface area contributed by atoms with Gasteiger partial charge in [0.05, 0.1) is 5.60 Å². The monoisotopic (exact) mass is 267 g/mol. The number of thiophene rings is 1. The minimum Gasteiger partial charge on any atom is -0.390 e. The zero-order chi connectivity index (χ0) is 13.0. The number of rotatable bonds is 5. The molecule has 1 fully saturated rings. The van der Waals surface area contributed by atoms with Crippen molar-refractivity contribution in [3.63, 3.8) is 0 Å². The van der Waals surface area contributed by atoms with Crippen LogP contribution in [0.15, 0.2) is 16.8 Å². The standard InChI is InChI=1S/C15H25NOS/c1-13(2)11-16-8-6-15(17,7-9-16)5-3-14-4-10-18-12-14/h4,10,12-13,17H,3,5-9,11H2,1-2H3. The Bertz CT molecular complexity index is 339. The van der Waals surface area contributed by atoms with Crippen LogP contribution >= 0.6 is 11.3 Å². The molecule has 0 aliphatic carbocycles. The normalized spacial score (nSPS) is 20.4. The maximum atomic E-state index is 10.6. The van der Waals surface area contributed by atoms with E-state index in [0.29, 0.717) is 0 Å². The molecule has 102 valence electrons. The van der Waals surface area contributed by atoms with Gasteiger partial charge in [0.25, 0.3) is 0 Å². The van der Waals surface area contributed by atoms with Gasteiger partial charge in [-0.25, -0.2) is 0 Å². The molecule has 1 aromatic rings. The molecule has 18 heavy (non-hydrogen) atoms. The highest BCUT2D eigenvalue weighted by atomic mass is 32.1. The van der Waals surface area contributed by atoms with E-state index < -0.39 is 5.60 Å². The predicted octanol–water partition coefficient (Wildman–Crippen LogP) is 3.16. The Morgan fingerprint density at radius 1 is 1.39 bits per heavy atom. The highest BCUT2D eigenvalue weighted by molar-refractivity contribution is 7.07. The summed E-state index contributed by atoms with van der Waals surface area (Å²) in [6.07, 6.45) is 3.80. The summed E-state index contributed by atoms with van der Waals surface area (Å²) >= 11 is 1.74. The molecule has 2 heterocycles. The van der Waals surface area contributed by atoms with E-state index in [9.17, 15) is 5.11 Å². The first-order chi connectivity index (χ1) is 8.57. The number of hydrogen-bond donors (Lipinski definition) is 1. The van der Waals surface area contributed by atoms with Crippen LogP contribution in [0, 0.1) is 5.92 Å². The lowest BCUT2D eigenvalue weighted by atomic mass is 9.86. The van der Waals surface area contributed by atoms with Crippen molar-refractivity contribution in [3.8, 4) is 0 Å². The smallest absolute Gasteiger partial charge is 0.0675 e. The number of likely N-dealkylation sites (tertiary alicyclic amines) is 1. The van der Waals surface area contributed by atoms with Crippen LogP contribution in [0.5, 0.6) is 0 Å². The molecule has 3 heteroatoms. The van der Waals surface area contributed by atoms with Gasteiger partial charge < -0.3 is 10.0 Å². The van der Waals surface area contributed by atoms with Crippen molar-refractivity contribution in [1.29, 1.82) is 0 Å². The lowest BCUT2D eigenvalue weighted by Crippen LogP contribution is -2.45. The van der Waals surface area contributed by atoms with Gasteiger partial charge in [0, 0.05) is 19.6 Å². The Labute approximate surface area is 115 Å². The molecule has 0 spiro atoms. The molecule has 0 bridgehead atoms. The van der Waals surface area contributed by atoms with Crippen LogP contribution in [0.4, 0.5) is 0 Å². The molecular weight excluding hydrogens is 242 g/mol. The van der Waals surface area contributed by atoms with Crippen molar-refractivity contribution >= 4 is 11.3 Å². The van der Waals surface area contributed by atoms with Crippen LogP contribution in [0.3, 0.4) is 0 Å². The molecule has 0 aromatic carbocycles. The van der Waals surface area contributed by atoms with Crippen molar-refractivity contribution < 1.29 is 5.11 Å². The maximum Gasteiger partial charge on any atom is 0.0675 e. The van der Waals surface area contributed by atoms with Gasteiger partial charge >= 0.3 is 0 Å². The third-order valence-corrected chi connectivity index (χ3v) is 4.60.